The average Bonchev–Trinajstić information content (AvgIpc) is 3.21. The number of phosphoric acid groups is 1. The SMILES string of the molecule is CC/C=C\C/C=C\C/C=C\C/C=C\C/C=C\C/C=C\CCCCCCCCC(=O)OC(COC(=O)CCCCCCC/C=C\CCCCC)COP(=O)([O-])OCC[N+](C)(C)C. The number of likely N-dealkylation sites (N-methyl/N-ethyl adjacent to an activating group) is 1. The first kappa shape index (κ1) is 58.2. The number of carbonyl (C=O) groups is 2. The summed E-state index contributed by atoms with van der Waals surface area (Å²) in [5, 5.41) is 0. The van der Waals surface area contributed by atoms with Crippen LogP contribution < -0.4 is 4.89 Å². The molecule has 350 valence electrons. The topological polar surface area (TPSA) is 111 Å². The minimum absolute atomic E-state index is 0.0397. The monoisotopic (exact) mass is 874 g/mol. The van der Waals surface area contributed by atoms with E-state index in [0.717, 1.165) is 116 Å². The molecular formula is C51H88NO8P. The summed E-state index contributed by atoms with van der Waals surface area (Å²) in [5.41, 5.74) is 0. The van der Waals surface area contributed by atoms with Gasteiger partial charge in [-0.25, -0.2) is 0 Å². The molecule has 0 aromatic rings. The Kier molecular flexibility index (Phi) is 40.5. The lowest BCUT2D eigenvalue weighted by molar-refractivity contribution is -0.870. The second kappa shape index (κ2) is 42.5. The molecule has 0 aromatic carbocycles. The molecule has 0 fully saturated rings. The van der Waals surface area contributed by atoms with Crippen LogP contribution >= 0.6 is 7.82 Å². The van der Waals surface area contributed by atoms with Crippen molar-refractivity contribution in [1.82, 2.24) is 0 Å². The molecule has 0 bridgehead atoms. The molecule has 2 unspecified atom stereocenters. The van der Waals surface area contributed by atoms with Gasteiger partial charge in [0.25, 0.3) is 7.82 Å². The van der Waals surface area contributed by atoms with Crippen molar-refractivity contribution in [3.05, 3.63) is 85.1 Å². The predicted octanol–water partition coefficient (Wildman–Crippen LogP) is 13.3. The van der Waals surface area contributed by atoms with Gasteiger partial charge in [-0.05, 0) is 89.9 Å². The minimum Gasteiger partial charge on any atom is -0.756 e. The minimum atomic E-state index is -4.64. The Morgan fingerprint density at radius 3 is 1.41 bits per heavy atom. The van der Waals surface area contributed by atoms with E-state index in [1.807, 2.05) is 21.1 Å². The largest absolute Gasteiger partial charge is 0.756 e. The van der Waals surface area contributed by atoms with Crippen LogP contribution in [-0.4, -0.2) is 70.0 Å². The number of hydrogen-bond donors (Lipinski definition) is 0. The highest BCUT2D eigenvalue weighted by Crippen LogP contribution is 2.38. The van der Waals surface area contributed by atoms with Gasteiger partial charge >= 0.3 is 11.9 Å². The van der Waals surface area contributed by atoms with Gasteiger partial charge in [-0.2, -0.15) is 0 Å². The Labute approximate surface area is 373 Å². The third kappa shape index (κ3) is 46.5. The Morgan fingerprint density at radius 1 is 0.525 bits per heavy atom. The van der Waals surface area contributed by atoms with Crippen LogP contribution in [0.2, 0.25) is 0 Å². The van der Waals surface area contributed by atoms with E-state index >= 15 is 0 Å². The van der Waals surface area contributed by atoms with Crippen LogP contribution in [0.3, 0.4) is 0 Å². The van der Waals surface area contributed by atoms with Crippen LogP contribution in [0.25, 0.3) is 0 Å². The van der Waals surface area contributed by atoms with Crippen LogP contribution in [0, 0.1) is 0 Å². The van der Waals surface area contributed by atoms with E-state index in [4.69, 9.17) is 18.5 Å². The molecule has 0 saturated heterocycles. The number of phosphoric ester groups is 1. The molecule has 0 heterocycles. The predicted molar refractivity (Wildman–Crippen MR) is 254 cm³/mol. The van der Waals surface area contributed by atoms with Crippen molar-refractivity contribution in [1.29, 1.82) is 0 Å². The van der Waals surface area contributed by atoms with Gasteiger partial charge in [0, 0.05) is 12.8 Å². The molecule has 10 heteroatoms. The molecule has 0 amide bonds. The number of rotatable bonds is 42. The van der Waals surface area contributed by atoms with Crippen molar-refractivity contribution < 1.29 is 42.1 Å². The van der Waals surface area contributed by atoms with E-state index in [9.17, 15) is 19.0 Å². The van der Waals surface area contributed by atoms with Crippen LogP contribution in [0.5, 0.6) is 0 Å². The second-order valence-electron chi connectivity index (χ2n) is 16.7. The van der Waals surface area contributed by atoms with Crippen LogP contribution in [-0.2, 0) is 32.7 Å². The fourth-order valence-corrected chi connectivity index (χ4v) is 6.67. The van der Waals surface area contributed by atoms with Gasteiger partial charge < -0.3 is 27.9 Å². The van der Waals surface area contributed by atoms with E-state index in [1.54, 1.807) is 0 Å². The lowest BCUT2D eigenvalue weighted by Crippen LogP contribution is -2.37. The number of allylic oxidation sites excluding steroid dienone is 14. The first-order chi connectivity index (χ1) is 29.5. The zero-order chi connectivity index (χ0) is 45.0. The third-order valence-corrected chi connectivity index (χ3v) is 10.6. The maximum atomic E-state index is 12.7. The summed E-state index contributed by atoms with van der Waals surface area (Å²) in [6.07, 6.45) is 54.7. The summed E-state index contributed by atoms with van der Waals surface area (Å²) in [6, 6.07) is 0. The Hall–Kier alpha value is -2.81. The number of nitrogens with zero attached hydrogens (tertiary/aromatic N) is 1. The highest BCUT2D eigenvalue weighted by molar-refractivity contribution is 7.45. The third-order valence-electron chi connectivity index (χ3n) is 9.65. The van der Waals surface area contributed by atoms with Gasteiger partial charge in [0.1, 0.15) is 19.8 Å². The van der Waals surface area contributed by atoms with Crippen molar-refractivity contribution in [3.8, 4) is 0 Å². The van der Waals surface area contributed by atoms with Crippen molar-refractivity contribution in [2.45, 2.75) is 180 Å². The Bertz CT molecular complexity index is 1310. The normalized spacial score (nSPS) is 14.3. The molecule has 0 aromatic heterocycles. The van der Waals surface area contributed by atoms with Crippen molar-refractivity contribution in [2.75, 3.05) is 47.5 Å². The quantitative estimate of drug-likeness (QED) is 0.0196. The van der Waals surface area contributed by atoms with Crippen molar-refractivity contribution in [3.63, 3.8) is 0 Å². The number of quaternary nitrogens is 1. The van der Waals surface area contributed by atoms with Crippen molar-refractivity contribution in [2.24, 2.45) is 0 Å². The lowest BCUT2D eigenvalue weighted by Gasteiger charge is -2.28. The molecule has 0 rings (SSSR count). The van der Waals surface area contributed by atoms with E-state index in [2.05, 4.69) is 98.9 Å². The summed E-state index contributed by atoms with van der Waals surface area (Å²) in [4.78, 5) is 37.6. The number of unbranched alkanes of at least 4 members (excludes halogenated alkanes) is 14. The van der Waals surface area contributed by atoms with E-state index in [1.165, 1.54) is 19.3 Å². The molecule has 0 saturated carbocycles. The highest BCUT2D eigenvalue weighted by atomic mass is 31.2. The smallest absolute Gasteiger partial charge is 0.306 e. The summed E-state index contributed by atoms with van der Waals surface area (Å²) >= 11 is 0. The van der Waals surface area contributed by atoms with Gasteiger partial charge in [0.15, 0.2) is 6.10 Å². The average molecular weight is 874 g/mol. The zero-order valence-electron chi connectivity index (χ0n) is 39.3. The van der Waals surface area contributed by atoms with Gasteiger partial charge in [-0.1, -0.05) is 157 Å². The van der Waals surface area contributed by atoms with Crippen LogP contribution in [0.1, 0.15) is 174 Å². The fraction of sp³-hybridized carbons (Fsp3) is 0.686. The van der Waals surface area contributed by atoms with Gasteiger partial charge in [0.05, 0.1) is 27.7 Å². The molecule has 9 nitrogen and oxygen atoms in total. The summed E-state index contributed by atoms with van der Waals surface area (Å²) < 4.78 is 33.9. The number of carbonyl (C=O) groups excluding carboxylic acids is 2. The highest BCUT2D eigenvalue weighted by Gasteiger charge is 2.21. The first-order valence-corrected chi connectivity index (χ1v) is 25.3. The molecule has 0 N–H and O–H groups in total. The molecule has 0 aliphatic carbocycles. The second-order valence-corrected chi connectivity index (χ2v) is 18.1. The van der Waals surface area contributed by atoms with Gasteiger partial charge in [-0.15, -0.1) is 0 Å². The Morgan fingerprint density at radius 2 is 0.934 bits per heavy atom. The maximum Gasteiger partial charge on any atom is 0.306 e. The van der Waals surface area contributed by atoms with Gasteiger partial charge in [-0.3, -0.25) is 14.2 Å². The molecule has 61 heavy (non-hydrogen) atoms. The van der Waals surface area contributed by atoms with Crippen LogP contribution in [0.15, 0.2) is 85.1 Å². The van der Waals surface area contributed by atoms with E-state index in [-0.39, 0.29) is 26.1 Å². The molecular weight excluding hydrogens is 786 g/mol. The maximum absolute atomic E-state index is 12.7. The van der Waals surface area contributed by atoms with E-state index in [0.29, 0.717) is 23.9 Å². The number of hydrogen-bond acceptors (Lipinski definition) is 8. The summed E-state index contributed by atoms with van der Waals surface area (Å²) in [5.74, 6) is -0.869. The number of esters is 2. The molecule has 0 spiro atoms. The van der Waals surface area contributed by atoms with Crippen molar-refractivity contribution >= 4 is 19.8 Å². The van der Waals surface area contributed by atoms with Crippen LogP contribution in [0.4, 0.5) is 0 Å². The standard InChI is InChI=1S/C51H88NO8P/c1-6-8-10-12-14-16-18-20-21-22-23-24-25-26-27-28-29-30-31-32-34-36-38-40-42-44-51(54)60-49(48-59-61(55,56)58-46-45-52(3,4)5)47-57-50(53)43-41-39-37-35-33-19-17-15-13-11-9-7-2/h8,10,14-17,20-21,23-24,26-27,29-30,49H,6-7,9,11-13,18-19,22,25,28,31-48H2,1-5H3/b10-8-,16-14-,17-15-,21-20-,24-23-,27-26-,30-29-. The Balaban J connectivity index is 4.32. The first-order valence-electron chi connectivity index (χ1n) is 23.8. The summed E-state index contributed by atoms with van der Waals surface area (Å²) in [7, 11) is 1.14. The zero-order valence-corrected chi connectivity index (χ0v) is 40.2. The fourth-order valence-electron chi connectivity index (χ4n) is 5.95. The van der Waals surface area contributed by atoms with Gasteiger partial charge in [0.2, 0.25) is 0 Å². The molecule has 0 radical (unpaired) electrons. The lowest BCUT2D eigenvalue weighted by atomic mass is 10.1. The van der Waals surface area contributed by atoms with E-state index < -0.39 is 32.5 Å². The molecule has 2 atom stereocenters. The number of ether oxygens (including phenoxy) is 2. The molecule has 0 aliphatic rings. The molecule has 0 aliphatic heterocycles. The summed E-state index contributed by atoms with van der Waals surface area (Å²) in [6.45, 7) is 4.04.